The zero-order valence-electron chi connectivity index (χ0n) is 12.5. The van der Waals surface area contributed by atoms with Crippen LogP contribution in [0, 0.1) is 0 Å². The molecule has 1 aliphatic rings. The second kappa shape index (κ2) is 6.92. The number of rotatable bonds is 5. The van der Waals surface area contributed by atoms with Crippen LogP contribution < -0.4 is 5.32 Å². The van der Waals surface area contributed by atoms with E-state index in [2.05, 4.69) is 66.5 Å². The van der Waals surface area contributed by atoms with Crippen LogP contribution in [0.5, 0.6) is 0 Å². The average Bonchev–Trinajstić information content (AvgIpc) is 2.46. The lowest BCUT2D eigenvalue weighted by Gasteiger charge is -2.38. The zero-order chi connectivity index (χ0) is 13.7. The van der Waals surface area contributed by atoms with Crippen LogP contribution in [0.3, 0.4) is 0 Å². The van der Waals surface area contributed by atoms with Gasteiger partial charge in [-0.3, -0.25) is 4.90 Å². The average molecular weight is 261 g/mol. The largest absolute Gasteiger partial charge is 0.383 e. The Balaban J connectivity index is 1.77. The molecule has 0 aromatic heterocycles. The predicted octanol–water partition coefficient (Wildman–Crippen LogP) is 2.51. The Bertz CT molecular complexity index is 358. The van der Waals surface area contributed by atoms with E-state index in [0.29, 0.717) is 6.04 Å². The van der Waals surface area contributed by atoms with Crippen LogP contribution in [0.2, 0.25) is 0 Å². The van der Waals surface area contributed by atoms with Gasteiger partial charge >= 0.3 is 0 Å². The van der Waals surface area contributed by atoms with Crippen molar-refractivity contribution in [3.63, 3.8) is 0 Å². The van der Waals surface area contributed by atoms with E-state index in [0.717, 1.165) is 12.6 Å². The molecule has 0 amide bonds. The van der Waals surface area contributed by atoms with Gasteiger partial charge in [0, 0.05) is 24.3 Å². The number of hydrogen-bond acceptors (Lipinski definition) is 3. The summed E-state index contributed by atoms with van der Waals surface area (Å²) in [4.78, 5) is 4.97. The van der Waals surface area contributed by atoms with E-state index in [1.807, 2.05) is 0 Å². The Morgan fingerprint density at radius 2 is 1.89 bits per heavy atom. The molecule has 1 aromatic carbocycles. The molecule has 1 atom stereocenters. The molecule has 0 saturated carbocycles. The summed E-state index contributed by atoms with van der Waals surface area (Å²) in [6.45, 7) is 5.78. The lowest BCUT2D eigenvalue weighted by molar-refractivity contribution is 0.118. The van der Waals surface area contributed by atoms with E-state index in [1.54, 1.807) is 0 Å². The van der Waals surface area contributed by atoms with Crippen molar-refractivity contribution < 1.29 is 0 Å². The normalized spacial score (nSPS) is 19.6. The van der Waals surface area contributed by atoms with Gasteiger partial charge in [0.05, 0.1) is 0 Å². The first kappa shape index (κ1) is 14.4. The van der Waals surface area contributed by atoms with Crippen molar-refractivity contribution in [1.29, 1.82) is 0 Å². The minimum absolute atomic E-state index is 0.564. The van der Waals surface area contributed by atoms with Crippen LogP contribution in [-0.4, -0.2) is 55.6 Å². The molecule has 1 aromatic rings. The number of hydrogen-bond donors (Lipinski definition) is 1. The summed E-state index contributed by atoms with van der Waals surface area (Å²) in [6.07, 6.45) is 2.59. The van der Waals surface area contributed by atoms with Gasteiger partial charge in [0.25, 0.3) is 0 Å². The van der Waals surface area contributed by atoms with Gasteiger partial charge < -0.3 is 10.2 Å². The van der Waals surface area contributed by atoms with E-state index in [9.17, 15) is 0 Å². The first-order valence-electron chi connectivity index (χ1n) is 7.36. The molecule has 0 aliphatic carbocycles. The monoisotopic (exact) mass is 261 g/mol. The number of para-hydroxylation sites is 1. The van der Waals surface area contributed by atoms with E-state index in [4.69, 9.17) is 0 Å². The van der Waals surface area contributed by atoms with Gasteiger partial charge in [0.15, 0.2) is 0 Å². The molecule has 1 aliphatic heterocycles. The Morgan fingerprint density at radius 1 is 1.26 bits per heavy atom. The third-order valence-corrected chi connectivity index (χ3v) is 4.33. The number of piperidine rings is 1. The molecule has 1 saturated heterocycles. The first-order chi connectivity index (χ1) is 9.16. The third kappa shape index (κ3) is 4.22. The lowest BCUT2D eigenvalue weighted by Crippen LogP contribution is -2.47. The quantitative estimate of drug-likeness (QED) is 0.878. The van der Waals surface area contributed by atoms with Crippen molar-refractivity contribution in [1.82, 2.24) is 9.80 Å². The molecule has 106 valence electrons. The SMILES string of the molecule is CC(CNc1ccccc1)N(C)C1CCN(C)CC1. The summed E-state index contributed by atoms with van der Waals surface area (Å²) in [5.41, 5.74) is 1.21. The van der Waals surface area contributed by atoms with Crippen LogP contribution in [-0.2, 0) is 0 Å². The van der Waals surface area contributed by atoms with Crippen LogP contribution in [0.25, 0.3) is 0 Å². The van der Waals surface area contributed by atoms with Gasteiger partial charge in [-0.25, -0.2) is 0 Å². The van der Waals surface area contributed by atoms with Crippen molar-refractivity contribution in [3.05, 3.63) is 30.3 Å². The number of nitrogens with one attached hydrogen (secondary N) is 1. The Hall–Kier alpha value is -1.06. The number of likely N-dealkylation sites (N-methyl/N-ethyl adjacent to an activating group) is 1. The fourth-order valence-electron chi connectivity index (χ4n) is 2.73. The maximum Gasteiger partial charge on any atom is 0.0340 e. The summed E-state index contributed by atoms with van der Waals surface area (Å²) in [7, 11) is 4.49. The second-order valence-corrected chi connectivity index (χ2v) is 5.80. The van der Waals surface area contributed by atoms with E-state index in [-0.39, 0.29) is 0 Å². The molecule has 3 heteroatoms. The molecule has 19 heavy (non-hydrogen) atoms. The maximum absolute atomic E-state index is 3.52. The predicted molar refractivity (Wildman–Crippen MR) is 82.7 cm³/mol. The van der Waals surface area contributed by atoms with Gasteiger partial charge in [-0.1, -0.05) is 18.2 Å². The van der Waals surface area contributed by atoms with Crippen LogP contribution in [0.15, 0.2) is 30.3 Å². The molecular weight excluding hydrogens is 234 g/mol. The van der Waals surface area contributed by atoms with Gasteiger partial charge in [-0.05, 0) is 59.1 Å². The van der Waals surface area contributed by atoms with Gasteiger partial charge in [0.2, 0.25) is 0 Å². The molecule has 0 spiro atoms. The maximum atomic E-state index is 3.52. The van der Waals surface area contributed by atoms with Gasteiger partial charge in [-0.2, -0.15) is 0 Å². The molecular formula is C16H27N3. The molecule has 0 radical (unpaired) electrons. The highest BCUT2D eigenvalue weighted by Gasteiger charge is 2.23. The summed E-state index contributed by atoms with van der Waals surface area (Å²) in [5, 5.41) is 3.52. The number of nitrogens with zero attached hydrogens (tertiary/aromatic N) is 2. The Kier molecular flexibility index (Phi) is 5.23. The fraction of sp³-hybridized carbons (Fsp3) is 0.625. The smallest absolute Gasteiger partial charge is 0.0340 e. The lowest BCUT2D eigenvalue weighted by atomic mass is 10.0. The molecule has 3 nitrogen and oxygen atoms in total. The van der Waals surface area contributed by atoms with Crippen molar-refractivity contribution in [3.8, 4) is 0 Å². The topological polar surface area (TPSA) is 18.5 Å². The summed E-state index contributed by atoms with van der Waals surface area (Å²) in [6, 6.07) is 11.8. The molecule has 2 rings (SSSR count). The van der Waals surface area contributed by atoms with Crippen LogP contribution in [0.4, 0.5) is 5.69 Å². The van der Waals surface area contributed by atoms with Crippen molar-refractivity contribution in [2.24, 2.45) is 0 Å². The molecule has 1 fully saturated rings. The minimum Gasteiger partial charge on any atom is -0.383 e. The molecule has 1 unspecified atom stereocenters. The fourth-order valence-corrected chi connectivity index (χ4v) is 2.73. The van der Waals surface area contributed by atoms with Crippen molar-refractivity contribution >= 4 is 5.69 Å². The van der Waals surface area contributed by atoms with E-state index in [1.165, 1.54) is 31.6 Å². The highest BCUT2D eigenvalue weighted by molar-refractivity contribution is 5.42. The van der Waals surface area contributed by atoms with Crippen molar-refractivity contribution in [2.45, 2.75) is 31.8 Å². The van der Waals surface area contributed by atoms with Crippen molar-refractivity contribution in [2.75, 3.05) is 39.0 Å². The molecule has 1 heterocycles. The summed E-state index contributed by atoms with van der Waals surface area (Å²) < 4.78 is 0. The molecule has 0 bridgehead atoms. The highest BCUT2D eigenvalue weighted by Crippen LogP contribution is 2.16. The second-order valence-electron chi connectivity index (χ2n) is 5.80. The van der Waals surface area contributed by atoms with Crippen LogP contribution >= 0.6 is 0 Å². The van der Waals surface area contributed by atoms with E-state index < -0.39 is 0 Å². The standard InChI is InChI=1S/C16H27N3/c1-14(13-17-15-7-5-4-6-8-15)19(3)16-9-11-18(2)12-10-16/h4-8,14,16-17H,9-13H2,1-3H3. The number of likely N-dealkylation sites (tertiary alicyclic amines) is 1. The Labute approximate surface area is 117 Å². The molecule has 1 N–H and O–H groups in total. The van der Waals surface area contributed by atoms with Gasteiger partial charge in [-0.15, -0.1) is 0 Å². The first-order valence-corrected chi connectivity index (χ1v) is 7.36. The highest BCUT2D eigenvalue weighted by atomic mass is 15.2. The van der Waals surface area contributed by atoms with Gasteiger partial charge in [0.1, 0.15) is 0 Å². The summed E-state index contributed by atoms with van der Waals surface area (Å²) in [5.74, 6) is 0. The minimum atomic E-state index is 0.564. The van der Waals surface area contributed by atoms with Crippen LogP contribution in [0.1, 0.15) is 19.8 Å². The summed E-state index contributed by atoms with van der Waals surface area (Å²) >= 11 is 0. The van der Waals surface area contributed by atoms with E-state index >= 15 is 0 Å². The Morgan fingerprint density at radius 3 is 2.53 bits per heavy atom. The number of benzene rings is 1. The zero-order valence-corrected chi connectivity index (χ0v) is 12.5. The third-order valence-electron chi connectivity index (χ3n) is 4.33. The number of anilines is 1.